The number of halogens is 2. The van der Waals surface area contributed by atoms with Crippen molar-refractivity contribution in [3.63, 3.8) is 0 Å². The highest BCUT2D eigenvalue weighted by Crippen LogP contribution is 2.35. The van der Waals surface area contributed by atoms with Crippen LogP contribution in [-0.4, -0.2) is 43.5 Å². The van der Waals surface area contributed by atoms with Crippen molar-refractivity contribution in [2.75, 3.05) is 38.0 Å². The van der Waals surface area contributed by atoms with E-state index >= 15 is 0 Å². The lowest BCUT2D eigenvalue weighted by atomic mass is 9.87. The maximum absolute atomic E-state index is 12.1. The average Bonchev–Trinajstić information content (AvgIpc) is 3.03. The number of carbonyl (C=O) groups excluding carboxylic acids is 1. The van der Waals surface area contributed by atoms with Crippen LogP contribution in [0.2, 0.25) is 0 Å². The van der Waals surface area contributed by atoms with E-state index in [1.807, 2.05) is 24.3 Å². The van der Waals surface area contributed by atoms with Gasteiger partial charge in [-0.3, -0.25) is 9.69 Å². The summed E-state index contributed by atoms with van der Waals surface area (Å²) in [6.45, 7) is 4.80. The Morgan fingerprint density at radius 1 is 1.38 bits per heavy atom. The largest absolute Gasteiger partial charge is 0.324 e. The number of nitrogens with one attached hydrogen (secondary N) is 2. The quantitative estimate of drug-likeness (QED) is 0.854. The van der Waals surface area contributed by atoms with Crippen molar-refractivity contribution in [1.82, 2.24) is 10.2 Å². The number of likely N-dealkylation sites (tertiary alicyclic amines) is 1. The molecular weight excluding hydrogens is 354 g/mol. The van der Waals surface area contributed by atoms with E-state index in [0.29, 0.717) is 12.0 Å². The molecule has 0 aromatic heterocycles. The van der Waals surface area contributed by atoms with Crippen LogP contribution in [0.5, 0.6) is 0 Å². The summed E-state index contributed by atoms with van der Waals surface area (Å²) in [7, 11) is 0. The number of carbonyl (C=O) groups is 1. The number of amides is 1. The van der Waals surface area contributed by atoms with Gasteiger partial charge in [-0.15, -0.1) is 12.4 Å². The molecule has 1 unspecified atom stereocenters. The van der Waals surface area contributed by atoms with Gasteiger partial charge in [0, 0.05) is 17.6 Å². The van der Waals surface area contributed by atoms with Gasteiger partial charge in [-0.05, 0) is 59.4 Å². The van der Waals surface area contributed by atoms with Crippen LogP contribution in [0.3, 0.4) is 0 Å². The molecule has 1 spiro atoms. The number of hydrogen-bond acceptors (Lipinski definition) is 3. The number of para-hydroxylation sites is 1. The highest BCUT2D eigenvalue weighted by atomic mass is 79.9. The van der Waals surface area contributed by atoms with E-state index in [1.54, 1.807) is 0 Å². The fourth-order valence-electron chi connectivity index (χ4n) is 3.26. The van der Waals surface area contributed by atoms with Crippen LogP contribution in [0.15, 0.2) is 28.7 Å². The van der Waals surface area contributed by atoms with Crippen LogP contribution >= 0.6 is 28.3 Å². The smallest absolute Gasteiger partial charge is 0.238 e. The zero-order valence-electron chi connectivity index (χ0n) is 11.9. The lowest BCUT2D eigenvalue weighted by Gasteiger charge is -2.22. The molecule has 21 heavy (non-hydrogen) atoms. The molecular formula is C15H21BrClN3O. The number of hydrogen-bond donors (Lipinski definition) is 2. The molecule has 6 heteroatoms. The topological polar surface area (TPSA) is 44.4 Å². The first kappa shape index (κ1) is 16.7. The first-order valence-electron chi connectivity index (χ1n) is 7.14. The first-order valence-corrected chi connectivity index (χ1v) is 7.94. The molecule has 2 saturated heterocycles. The molecule has 2 heterocycles. The van der Waals surface area contributed by atoms with Crippen molar-refractivity contribution in [2.24, 2.45) is 5.41 Å². The van der Waals surface area contributed by atoms with E-state index in [0.717, 1.165) is 36.3 Å². The summed E-state index contributed by atoms with van der Waals surface area (Å²) in [5, 5.41) is 6.42. The number of anilines is 1. The number of rotatable bonds is 3. The van der Waals surface area contributed by atoms with Crippen molar-refractivity contribution in [2.45, 2.75) is 12.8 Å². The predicted octanol–water partition coefficient (Wildman–Crippen LogP) is 2.49. The fourth-order valence-corrected chi connectivity index (χ4v) is 3.65. The Bertz CT molecular complexity index is 505. The second-order valence-corrected chi connectivity index (χ2v) is 6.77. The Balaban J connectivity index is 0.00000161. The van der Waals surface area contributed by atoms with E-state index in [2.05, 4.69) is 31.5 Å². The molecule has 1 aromatic carbocycles. The van der Waals surface area contributed by atoms with E-state index in [1.165, 1.54) is 12.8 Å². The highest BCUT2D eigenvalue weighted by molar-refractivity contribution is 9.10. The van der Waals surface area contributed by atoms with Crippen LogP contribution < -0.4 is 10.6 Å². The van der Waals surface area contributed by atoms with Crippen LogP contribution in [0, 0.1) is 5.41 Å². The molecule has 3 rings (SSSR count). The molecule has 0 aliphatic carbocycles. The fraction of sp³-hybridized carbons (Fsp3) is 0.533. The third-order valence-electron chi connectivity index (χ3n) is 4.36. The molecule has 116 valence electrons. The minimum atomic E-state index is 0. The van der Waals surface area contributed by atoms with Crippen molar-refractivity contribution in [3.8, 4) is 0 Å². The monoisotopic (exact) mass is 373 g/mol. The summed E-state index contributed by atoms with van der Waals surface area (Å²) in [5.74, 6) is 0.0694. The second kappa shape index (κ2) is 7.09. The van der Waals surface area contributed by atoms with E-state index < -0.39 is 0 Å². The normalized spacial score (nSPS) is 25.0. The molecule has 4 nitrogen and oxygen atoms in total. The Morgan fingerprint density at radius 3 is 2.90 bits per heavy atom. The SMILES string of the molecule is Cl.O=C(CN1CCC2(CCNC2)C1)Nc1ccccc1Br. The van der Waals surface area contributed by atoms with Gasteiger partial charge in [0.25, 0.3) is 0 Å². The molecule has 1 atom stereocenters. The third kappa shape index (κ3) is 3.97. The zero-order chi connectivity index (χ0) is 14.0. The maximum Gasteiger partial charge on any atom is 0.238 e. The minimum Gasteiger partial charge on any atom is -0.324 e. The van der Waals surface area contributed by atoms with Gasteiger partial charge in [0.05, 0.1) is 12.2 Å². The van der Waals surface area contributed by atoms with Crippen molar-refractivity contribution < 1.29 is 4.79 Å². The van der Waals surface area contributed by atoms with Crippen molar-refractivity contribution >= 4 is 39.9 Å². The Kier molecular flexibility index (Phi) is 5.66. The lowest BCUT2D eigenvalue weighted by molar-refractivity contribution is -0.117. The highest BCUT2D eigenvalue weighted by Gasteiger charge is 2.40. The average molecular weight is 375 g/mol. The number of benzene rings is 1. The molecule has 0 radical (unpaired) electrons. The summed E-state index contributed by atoms with van der Waals surface area (Å²) in [4.78, 5) is 14.4. The summed E-state index contributed by atoms with van der Waals surface area (Å²) >= 11 is 3.45. The lowest BCUT2D eigenvalue weighted by Crippen LogP contribution is -2.34. The van der Waals surface area contributed by atoms with Crippen LogP contribution in [0.1, 0.15) is 12.8 Å². The standard InChI is InChI=1S/C15H20BrN3O.ClH/c16-12-3-1-2-4-13(12)18-14(20)9-19-8-6-15(11-19)5-7-17-10-15;/h1-4,17H,5-11H2,(H,18,20);1H. The summed E-state index contributed by atoms with van der Waals surface area (Å²) < 4.78 is 0.922. The van der Waals surface area contributed by atoms with Crippen LogP contribution in [0.4, 0.5) is 5.69 Å². The molecule has 0 bridgehead atoms. The van der Waals surface area contributed by atoms with Crippen LogP contribution in [0.25, 0.3) is 0 Å². The second-order valence-electron chi connectivity index (χ2n) is 5.92. The number of nitrogens with zero attached hydrogens (tertiary/aromatic N) is 1. The predicted molar refractivity (Wildman–Crippen MR) is 91.0 cm³/mol. The van der Waals surface area contributed by atoms with Crippen LogP contribution in [-0.2, 0) is 4.79 Å². The summed E-state index contributed by atoms with van der Waals surface area (Å²) in [5.41, 5.74) is 1.27. The van der Waals surface area contributed by atoms with Gasteiger partial charge in [-0.1, -0.05) is 12.1 Å². The van der Waals surface area contributed by atoms with Gasteiger partial charge < -0.3 is 10.6 Å². The molecule has 2 aliphatic rings. The van der Waals surface area contributed by atoms with Crippen molar-refractivity contribution in [3.05, 3.63) is 28.7 Å². The van der Waals surface area contributed by atoms with E-state index in [9.17, 15) is 4.79 Å². The van der Waals surface area contributed by atoms with Gasteiger partial charge in [0.1, 0.15) is 0 Å². The van der Waals surface area contributed by atoms with Gasteiger partial charge in [-0.2, -0.15) is 0 Å². The van der Waals surface area contributed by atoms with Gasteiger partial charge in [0.15, 0.2) is 0 Å². The van der Waals surface area contributed by atoms with Crippen molar-refractivity contribution in [1.29, 1.82) is 0 Å². The van der Waals surface area contributed by atoms with E-state index in [4.69, 9.17) is 0 Å². The van der Waals surface area contributed by atoms with Gasteiger partial charge >= 0.3 is 0 Å². The molecule has 1 aromatic rings. The zero-order valence-corrected chi connectivity index (χ0v) is 14.3. The maximum atomic E-state index is 12.1. The molecule has 0 saturated carbocycles. The molecule has 1 amide bonds. The Labute approximate surface area is 140 Å². The van der Waals surface area contributed by atoms with E-state index in [-0.39, 0.29) is 18.3 Å². The summed E-state index contributed by atoms with van der Waals surface area (Å²) in [6.07, 6.45) is 2.46. The third-order valence-corrected chi connectivity index (χ3v) is 5.06. The first-order chi connectivity index (χ1) is 9.67. The molecule has 2 fully saturated rings. The minimum absolute atomic E-state index is 0. The Hall–Kier alpha value is -0.620. The summed E-state index contributed by atoms with van der Waals surface area (Å²) in [6, 6.07) is 7.71. The van der Waals surface area contributed by atoms with Gasteiger partial charge in [0.2, 0.25) is 5.91 Å². The van der Waals surface area contributed by atoms with Gasteiger partial charge in [-0.25, -0.2) is 0 Å². The molecule has 2 aliphatic heterocycles. The molecule has 2 N–H and O–H groups in total. The Morgan fingerprint density at radius 2 is 2.19 bits per heavy atom.